The van der Waals surface area contributed by atoms with Gasteiger partial charge in [0.2, 0.25) is 0 Å². The normalized spacial score (nSPS) is 11.7. The molecule has 0 radical (unpaired) electrons. The molecule has 0 heterocycles. The summed E-state index contributed by atoms with van der Waals surface area (Å²) in [5.41, 5.74) is -0.0439. The number of thioether (sulfide) groups is 1. The maximum Gasteiger partial charge on any atom is 0.508 e. The summed E-state index contributed by atoms with van der Waals surface area (Å²) in [6.45, 7) is 15.0. The number of carbonyl (C=O) groups excluding carboxylic acids is 3. The van der Waals surface area contributed by atoms with Crippen molar-refractivity contribution < 1.29 is 28.6 Å². The van der Waals surface area contributed by atoms with Crippen LogP contribution < -0.4 is 0 Å². The van der Waals surface area contributed by atoms with Gasteiger partial charge in [-0.3, -0.25) is 9.59 Å². The first-order chi connectivity index (χ1) is 28.0. The average Bonchev–Trinajstić information content (AvgIpc) is 3.19. The summed E-state index contributed by atoms with van der Waals surface area (Å²) in [5.74, 6) is 1.24. The van der Waals surface area contributed by atoms with Crippen molar-refractivity contribution in [2.45, 2.75) is 227 Å². The number of ether oxygens (including phenoxy) is 3. The van der Waals surface area contributed by atoms with E-state index in [1.165, 1.54) is 108 Å². The van der Waals surface area contributed by atoms with Gasteiger partial charge in [0.1, 0.15) is 0 Å². The third-order valence-electron chi connectivity index (χ3n) is 11.3. The van der Waals surface area contributed by atoms with Crippen LogP contribution in [-0.4, -0.2) is 86.5 Å². The van der Waals surface area contributed by atoms with E-state index in [4.69, 9.17) is 14.2 Å². The molecular weight excluding hydrogens is 745 g/mol. The lowest BCUT2D eigenvalue weighted by atomic mass is 9.88. The fourth-order valence-electron chi connectivity index (χ4n) is 7.33. The molecule has 8 nitrogen and oxygen atoms in total. The summed E-state index contributed by atoms with van der Waals surface area (Å²) in [6, 6.07) is 0. The Morgan fingerprint density at radius 1 is 0.552 bits per heavy atom. The predicted molar refractivity (Wildman–Crippen MR) is 249 cm³/mol. The minimum atomic E-state index is -0.524. The van der Waals surface area contributed by atoms with Crippen LogP contribution in [0, 0.1) is 11.3 Å². The topological polar surface area (TPSA) is 85.4 Å². The number of unbranched alkanes of at least 4 members (excludes halogenated alkanes) is 20. The van der Waals surface area contributed by atoms with Crippen LogP contribution in [0.5, 0.6) is 0 Å². The van der Waals surface area contributed by atoms with Crippen molar-refractivity contribution in [2.24, 2.45) is 11.3 Å². The summed E-state index contributed by atoms with van der Waals surface area (Å²) in [6.07, 6.45) is 33.3. The van der Waals surface area contributed by atoms with Crippen LogP contribution in [0.25, 0.3) is 0 Å². The molecule has 0 aromatic heterocycles. The molecule has 1 amide bonds. The summed E-state index contributed by atoms with van der Waals surface area (Å²) in [4.78, 5) is 42.3. The highest BCUT2D eigenvalue weighted by atomic mass is 32.2. The molecule has 0 aliphatic carbocycles. The largest absolute Gasteiger partial charge is 0.508 e. The minimum Gasteiger partial charge on any atom is -0.465 e. The Balaban J connectivity index is 4.54. The summed E-state index contributed by atoms with van der Waals surface area (Å²) >= 11 is 1.47. The molecule has 9 heteroatoms. The molecule has 0 N–H and O–H groups in total. The zero-order valence-electron chi connectivity index (χ0n) is 39.5. The molecule has 0 unspecified atom stereocenters. The molecule has 0 fully saturated rings. The SMILES string of the molecule is CCCCCCCCCC(=O)OCC(C)(C)CCCCCN(CCCCCCOC(=O)OCC(CCCCCCC)CCCCCCC)C(=O)SCCCCN(C)C. The van der Waals surface area contributed by atoms with Crippen molar-refractivity contribution in [1.82, 2.24) is 9.80 Å². The van der Waals surface area contributed by atoms with Gasteiger partial charge in [0.25, 0.3) is 5.24 Å². The second-order valence-electron chi connectivity index (χ2n) is 18.2. The molecule has 0 saturated heterocycles. The molecule has 0 aromatic rings. The lowest BCUT2D eigenvalue weighted by Gasteiger charge is -2.25. The molecule has 0 atom stereocenters. The maximum absolute atomic E-state index is 13.3. The molecule has 0 spiro atoms. The number of hydrogen-bond acceptors (Lipinski definition) is 8. The van der Waals surface area contributed by atoms with E-state index in [0.717, 1.165) is 115 Å². The first kappa shape index (κ1) is 56.5. The van der Waals surface area contributed by atoms with Crippen LogP contribution in [0.15, 0.2) is 0 Å². The minimum absolute atomic E-state index is 0.0439. The molecule has 0 rings (SSSR count). The highest BCUT2D eigenvalue weighted by molar-refractivity contribution is 8.13. The summed E-state index contributed by atoms with van der Waals surface area (Å²) in [5, 5.41) is 0.198. The number of nitrogens with zero attached hydrogens (tertiary/aromatic N) is 2. The Hall–Kier alpha value is -1.48. The molecule has 0 aliphatic heterocycles. The average molecular weight is 841 g/mol. The van der Waals surface area contributed by atoms with Crippen molar-refractivity contribution in [3.8, 4) is 0 Å². The zero-order valence-corrected chi connectivity index (χ0v) is 40.3. The Kier molecular flexibility index (Phi) is 39.9. The van der Waals surface area contributed by atoms with Crippen LogP contribution in [0.4, 0.5) is 9.59 Å². The molecule has 58 heavy (non-hydrogen) atoms. The van der Waals surface area contributed by atoms with Crippen LogP contribution in [0.1, 0.15) is 227 Å². The van der Waals surface area contributed by atoms with E-state index in [9.17, 15) is 14.4 Å². The zero-order chi connectivity index (χ0) is 43.0. The molecule has 344 valence electrons. The van der Waals surface area contributed by atoms with Gasteiger partial charge in [-0.15, -0.1) is 0 Å². The first-order valence-corrected chi connectivity index (χ1v) is 25.5. The monoisotopic (exact) mass is 841 g/mol. The summed E-state index contributed by atoms with van der Waals surface area (Å²) < 4.78 is 16.7. The summed E-state index contributed by atoms with van der Waals surface area (Å²) in [7, 11) is 4.18. The Labute approximate surface area is 364 Å². The van der Waals surface area contributed by atoms with Crippen LogP contribution >= 0.6 is 11.8 Å². The molecule has 0 aromatic carbocycles. The van der Waals surface area contributed by atoms with Crippen molar-refractivity contribution in [3.05, 3.63) is 0 Å². The Bertz CT molecular complexity index is 934. The lowest BCUT2D eigenvalue weighted by molar-refractivity contribution is -0.147. The molecule has 0 aliphatic rings. The Morgan fingerprint density at radius 3 is 1.64 bits per heavy atom. The van der Waals surface area contributed by atoms with Crippen LogP contribution in [-0.2, 0) is 19.0 Å². The van der Waals surface area contributed by atoms with E-state index in [1.54, 1.807) is 0 Å². The van der Waals surface area contributed by atoms with Crippen molar-refractivity contribution in [3.63, 3.8) is 0 Å². The standard InChI is InChI=1S/C49H96N2O6S/c1-8-11-14-17-18-21-27-36-46(52)57-44-49(4,5)37-28-24-30-40-51(47(53)58-42-33-31-38-50(6)7)39-29-22-23-32-41-55-48(54)56-43-45(34-25-19-15-12-9-2)35-26-20-16-13-10-3/h45H,8-44H2,1-7H3. The van der Waals surface area contributed by atoms with Gasteiger partial charge < -0.3 is 24.0 Å². The van der Waals surface area contributed by atoms with E-state index >= 15 is 0 Å². The van der Waals surface area contributed by atoms with Crippen LogP contribution in [0.3, 0.4) is 0 Å². The Morgan fingerprint density at radius 2 is 1.05 bits per heavy atom. The van der Waals surface area contributed by atoms with Gasteiger partial charge in [-0.05, 0) is 96.2 Å². The smallest absolute Gasteiger partial charge is 0.465 e. The van der Waals surface area contributed by atoms with E-state index in [1.807, 2.05) is 0 Å². The third-order valence-corrected chi connectivity index (χ3v) is 12.3. The number of carbonyl (C=O) groups is 3. The molecule has 0 bridgehead atoms. The van der Waals surface area contributed by atoms with Gasteiger partial charge in [0, 0.05) is 25.3 Å². The number of hydrogen-bond donors (Lipinski definition) is 0. The van der Waals surface area contributed by atoms with Gasteiger partial charge in [-0.25, -0.2) is 4.79 Å². The van der Waals surface area contributed by atoms with Gasteiger partial charge >= 0.3 is 12.1 Å². The van der Waals surface area contributed by atoms with Gasteiger partial charge in [-0.1, -0.05) is 168 Å². The molecule has 0 saturated carbocycles. The fraction of sp³-hybridized carbons (Fsp3) is 0.939. The van der Waals surface area contributed by atoms with E-state index < -0.39 is 6.16 Å². The van der Waals surface area contributed by atoms with Gasteiger partial charge in [0.15, 0.2) is 0 Å². The maximum atomic E-state index is 13.3. The predicted octanol–water partition coefficient (Wildman–Crippen LogP) is 14.8. The molecular formula is C49H96N2O6S. The van der Waals surface area contributed by atoms with Crippen molar-refractivity contribution in [2.75, 3.05) is 59.3 Å². The highest BCUT2D eigenvalue weighted by Gasteiger charge is 2.21. The van der Waals surface area contributed by atoms with Crippen LogP contribution in [0.2, 0.25) is 0 Å². The number of esters is 1. The fourth-order valence-corrected chi connectivity index (χ4v) is 8.22. The van der Waals surface area contributed by atoms with Crippen molar-refractivity contribution in [1.29, 1.82) is 0 Å². The number of rotatable bonds is 42. The second kappa shape index (κ2) is 40.9. The highest BCUT2D eigenvalue weighted by Crippen LogP contribution is 2.25. The van der Waals surface area contributed by atoms with Crippen molar-refractivity contribution >= 4 is 29.1 Å². The third kappa shape index (κ3) is 38.7. The van der Waals surface area contributed by atoms with E-state index in [-0.39, 0.29) is 16.6 Å². The van der Waals surface area contributed by atoms with Gasteiger partial charge in [-0.2, -0.15) is 0 Å². The lowest BCUT2D eigenvalue weighted by Crippen LogP contribution is -2.30. The number of amides is 1. The van der Waals surface area contributed by atoms with E-state index in [2.05, 4.69) is 58.5 Å². The quantitative estimate of drug-likeness (QED) is 0.0444. The van der Waals surface area contributed by atoms with Gasteiger partial charge in [0.05, 0.1) is 19.8 Å². The first-order valence-electron chi connectivity index (χ1n) is 24.6. The second-order valence-corrected chi connectivity index (χ2v) is 19.3. The van der Waals surface area contributed by atoms with E-state index in [0.29, 0.717) is 32.2 Å².